The maximum absolute atomic E-state index is 14.2. The van der Waals surface area contributed by atoms with Gasteiger partial charge in [0.25, 0.3) is 0 Å². The van der Waals surface area contributed by atoms with Gasteiger partial charge in [-0.25, -0.2) is 14.4 Å². The van der Waals surface area contributed by atoms with Crippen LogP contribution in [0.2, 0.25) is 5.15 Å². The van der Waals surface area contributed by atoms with Gasteiger partial charge in [-0.3, -0.25) is 0 Å². The van der Waals surface area contributed by atoms with Gasteiger partial charge in [0.15, 0.2) is 0 Å². The number of nitrogens with one attached hydrogen (secondary N) is 1. The van der Waals surface area contributed by atoms with Crippen LogP contribution in [0.4, 0.5) is 10.2 Å². The number of anilines is 1. The van der Waals surface area contributed by atoms with Crippen LogP contribution in [0.15, 0.2) is 35.1 Å². The maximum atomic E-state index is 14.2. The maximum Gasteiger partial charge on any atom is 0.135 e. The number of pyridine rings is 2. The topological polar surface area (TPSA) is 47.0 Å². The van der Waals surface area contributed by atoms with Gasteiger partial charge in [-0.15, -0.1) is 0 Å². The number of aromatic nitrogens is 2. The van der Waals surface area contributed by atoms with E-state index in [4.69, 9.17) is 16.3 Å². The summed E-state index contributed by atoms with van der Waals surface area (Å²) >= 11 is 9.42. The molecule has 3 aromatic rings. The predicted octanol–water partition coefficient (Wildman–Crippen LogP) is 4.73. The summed E-state index contributed by atoms with van der Waals surface area (Å²) in [6.45, 7) is 0.915. The number of hydrogen-bond donors (Lipinski definition) is 1. The molecule has 0 bridgehead atoms. The Hall–Kier alpha value is -1.92. The fraction of sp³-hybridized carbons (Fsp3) is 0.176. The molecule has 1 N–H and O–H groups in total. The first kappa shape index (κ1) is 15.6. The fourth-order valence-corrected chi connectivity index (χ4v) is 3.48. The summed E-state index contributed by atoms with van der Waals surface area (Å²) in [6, 6.07) is 4.89. The van der Waals surface area contributed by atoms with E-state index < -0.39 is 0 Å². The zero-order valence-electron chi connectivity index (χ0n) is 12.4. The van der Waals surface area contributed by atoms with Gasteiger partial charge < -0.3 is 10.1 Å². The molecule has 0 atom stereocenters. The van der Waals surface area contributed by atoms with E-state index in [-0.39, 0.29) is 5.82 Å². The van der Waals surface area contributed by atoms with Crippen LogP contribution >= 0.6 is 27.5 Å². The van der Waals surface area contributed by atoms with Gasteiger partial charge >= 0.3 is 0 Å². The van der Waals surface area contributed by atoms with Crippen molar-refractivity contribution in [1.29, 1.82) is 0 Å². The van der Waals surface area contributed by atoms with E-state index in [1.807, 2.05) is 0 Å². The number of hydrogen-bond acceptors (Lipinski definition) is 4. The van der Waals surface area contributed by atoms with Crippen molar-refractivity contribution >= 4 is 44.1 Å². The molecule has 7 heteroatoms. The van der Waals surface area contributed by atoms with Crippen molar-refractivity contribution in [2.24, 2.45) is 0 Å². The number of nitrogens with zero attached hydrogens (tertiary/aromatic N) is 2. The van der Waals surface area contributed by atoms with Crippen molar-refractivity contribution in [2.45, 2.75) is 13.0 Å². The summed E-state index contributed by atoms with van der Waals surface area (Å²) in [6.07, 6.45) is 4.07. The van der Waals surface area contributed by atoms with Crippen LogP contribution in [0.1, 0.15) is 11.1 Å². The van der Waals surface area contributed by atoms with Gasteiger partial charge in [0.05, 0.1) is 6.61 Å². The number of benzene rings is 1. The third kappa shape index (κ3) is 2.70. The molecule has 0 unspecified atom stereocenters. The summed E-state index contributed by atoms with van der Waals surface area (Å²) in [5, 5.41) is 5.33. The number of ether oxygens (including phenoxy) is 1. The van der Waals surface area contributed by atoms with Gasteiger partial charge in [0, 0.05) is 51.7 Å². The number of fused-ring (bicyclic) bond motifs is 2. The molecule has 0 fully saturated rings. The molecular formula is C17H12BrClFN3O. The molecule has 4 nitrogen and oxygen atoms in total. The highest BCUT2D eigenvalue weighted by atomic mass is 79.9. The van der Waals surface area contributed by atoms with Crippen LogP contribution in [0.25, 0.3) is 10.8 Å². The average Bonchev–Trinajstić information content (AvgIpc) is 3.04. The van der Waals surface area contributed by atoms with Gasteiger partial charge in [0.1, 0.15) is 22.5 Å². The molecule has 122 valence electrons. The second kappa shape index (κ2) is 6.18. The molecule has 0 aliphatic carbocycles. The van der Waals surface area contributed by atoms with Gasteiger partial charge in [0.2, 0.25) is 0 Å². The fourth-order valence-electron chi connectivity index (χ4n) is 2.90. The van der Waals surface area contributed by atoms with E-state index in [1.165, 1.54) is 6.07 Å². The smallest absolute Gasteiger partial charge is 0.135 e. The van der Waals surface area contributed by atoms with Crippen LogP contribution in [0.5, 0.6) is 5.75 Å². The molecule has 4 rings (SSSR count). The van der Waals surface area contributed by atoms with E-state index in [0.29, 0.717) is 29.7 Å². The van der Waals surface area contributed by atoms with Crippen LogP contribution in [-0.2, 0) is 13.0 Å². The highest BCUT2D eigenvalue weighted by molar-refractivity contribution is 9.10. The minimum absolute atomic E-state index is 0.241. The molecule has 0 spiro atoms. The highest BCUT2D eigenvalue weighted by Crippen LogP contribution is 2.32. The lowest BCUT2D eigenvalue weighted by Crippen LogP contribution is -2.06. The second-order valence-corrected chi connectivity index (χ2v) is 6.70. The Morgan fingerprint density at radius 2 is 2.12 bits per heavy atom. The molecule has 0 amide bonds. The summed E-state index contributed by atoms with van der Waals surface area (Å²) < 4.78 is 20.6. The average molecular weight is 409 g/mol. The molecule has 1 aliphatic rings. The zero-order valence-corrected chi connectivity index (χ0v) is 14.8. The Morgan fingerprint density at radius 3 is 3.00 bits per heavy atom. The normalized spacial score (nSPS) is 13.0. The standard InChI is InChI=1S/C17H12BrClFN3O/c18-13-8-23-17(12-7-21-16(19)5-10(12)13)22-6-11-9-3-4-24-15(9)2-1-14(11)20/h1-2,5,7-8H,3-4,6H2,(H,22,23). The van der Waals surface area contributed by atoms with E-state index >= 15 is 0 Å². The Labute approximate surface area is 151 Å². The van der Waals surface area contributed by atoms with Gasteiger partial charge in [-0.05, 0) is 34.1 Å². The molecule has 2 aromatic heterocycles. The van der Waals surface area contributed by atoms with E-state index in [9.17, 15) is 4.39 Å². The lowest BCUT2D eigenvalue weighted by Gasteiger charge is -2.12. The SMILES string of the molecule is Fc1ccc2c(c1CNc1ncc(Br)c3cc(Cl)ncc13)CCO2. The third-order valence-corrected chi connectivity index (χ3v) is 4.90. The van der Waals surface area contributed by atoms with Crippen LogP contribution in [-0.4, -0.2) is 16.6 Å². The van der Waals surface area contributed by atoms with Gasteiger partial charge in [-0.1, -0.05) is 11.6 Å². The summed E-state index contributed by atoms with van der Waals surface area (Å²) in [7, 11) is 0. The van der Waals surface area contributed by atoms with Crippen molar-refractivity contribution in [3.05, 3.63) is 57.2 Å². The molecule has 0 saturated carbocycles. The van der Waals surface area contributed by atoms with E-state index in [0.717, 1.165) is 33.0 Å². The largest absolute Gasteiger partial charge is 0.493 e. The van der Waals surface area contributed by atoms with Crippen molar-refractivity contribution < 1.29 is 9.13 Å². The monoisotopic (exact) mass is 407 g/mol. The quantitative estimate of drug-likeness (QED) is 0.636. The molecular weight excluding hydrogens is 397 g/mol. The van der Waals surface area contributed by atoms with E-state index in [1.54, 1.807) is 24.5 Å². The van der Waals surface area contributed by atoms with Crippen LogP contribution in [0.3, 0.4) is 0 Å². The lowest BCUT2D eigenvalue weighted by atomic mass is 10.0. The summed E-state index contributed by atoms with van der Waals surface area (Å²) in [5.41, 5.74) is 1.54. The molecule has 0 radical (unpaired) electrons. The molecule has 3 heterocycles. The van der Waals surface area contributed by atoms with Crippen LogP contribution in [0, 0.1) is 5.82 Å². The molecule has 1 aromatic carbocycles. The predicted molar refractivity (Wildman–Crippen MR) is 95.2 cm³/mol. The first-order valence-corrected chi connectivity index (χ1v) is 8.57. The Kier molecular flexibility index (Phi) is 4.02. The van der Waals surface area contributed by atoms with Crippen molar-refractivity contribution in [3.63, 3.8) is 0 Å². The third-order valence-electron chi connectivity index (χ3n) is 4.06. The molecule has 24 heavy (non-hydrogen) atoms. The van der Waals surface area contributed by atoms with Crippen molar-refractivity contribution in [3.8, 4) is 5.75 Å². The first-order valence-electron chi connectivity index (χ1n) is 7.40. The minimum atomic E-state index is -0.241. The Bertz CT molecular complexity index is 951. The number of halogens is 3. The molecule has 1 aliphatic heterocycles. The first-order chi connectivity index (χ1) is 11.6. The Balaban J connectivity index is 1.70. The Morgan fingerprint density at radius 1 is 1.25 bits per heavy atom. The minimum Gasteiger partial charge on any atom is -0.493 e. The summed E-state index contributed by atoms with van der Waals surface area (Å²) in [4.78, 5) is 8.49. The zero-order chi connectivity index (χ0) is 16.7. The van der Waals surface area contributed by atoms with Crippen LogP contribution < -0.4 is 10.1 Å². The van der Waals surface area contributed by atoms with Crippen molar-refractivity contribution in [2.75, 3.05) is 11.9 Å². The summed E-state index contributed by atoms with van der Waals surface area (Å²) in [5.74, 6) is 1.15. The molecule has 0 saturated heterocycles. The lowest BCUT2D eigenvalue weighted by molar-refractivity contribution is 0.356. The second-order valence-electron chi connectivity index (χ2n) is 5.46. The number of rotatable bonds is 3. The highest BCUT2D eigenvalue weighted by Gasteiger charge is 2.19. The van der Waals surface area contributed by atoms with E-state index in [2.05, 4.69) is 31.2 Å². The van der Waals surface area contributed by atoms with Gasteiger partial charge in [-0.2, -0.15) is 0 Å². The van der Waals surface area contributed by atoms with Crippen molar-refractivity contribution in [1.82, 2.24) is 9.97 Å².